The number of hydrogen-bond donors (Lipinski definition) is 2. The van der Waals surface area contributed by atoms with Crippen LogP contribution >= 0.6 is 11.3 Å². The maximum Gasteiger partial charge on any atom is 0.411 e. The van der Waals surface area contributed by atoms with Gasteiger partial charge in [-0.1, -0.05) is 31.5 Å². The predicted molar refractivity (Wildman–Crippen MR) is 144 cm³/mol. The summed E-state index contributed by atoms with van der Waals surface area (Å²) >= 11 is 1.33. The van der Waals surface area contributed by atoms with Crippen LogP contribution in [0.5, 0.6) is 0 Å². The number of aromatic nitrogens is 1. The number of thiophene rings is 1. The highest BCUT2D eigenvalue weighted by Gasteiger charge is 2.31. The van der Waals surface area contributed by atoms with Crippen LogP contribution in [0.15, 0.2) is 54.9 Å². The lowest BCUT2D eigenvalue weighted by molar-refractivity contribution is 0.0954. The molecule has 194 valence electrons. The number of ether oxygens (including phenoxy) is 1. The third kappa shape index (κ3) is 6.85. The molecule has 2 aromatic heterocycles. The topological polar surface area (TPSA) is 104 Å². The highest BCUT2D eigenvalue weighted by Crippen LogP contribution is 2.32. The number of benzene rings is 1. The van der Waals surface area contributed by atoms with Gasteiger partial charge in [-0.2, -0.15) is 0 Å². The van der Waals surface area contributed by atoms with Crippen molar-refractivity contribution in [3.63, 3.8) is 0 Å². The summed E-state index contributed by atoms with van der Waals surface area (Å²) in [4.78, 5) is 45.8. The molecule has 1 saturated heterocycles. The van der Waals surface area contributed by atoms with Crippen LogP contribution < -0.4 is 15.5 Å². The van der Waals surface area contributed by atoms with Crippen molar-refractivity contribution in [1.29, 1.82) is 0 Å². The molecule has 3 aromatic rings. The molecule has 10 heteroatoms. The standard InChI is InChI=1S/C27H31N5O4S/c1-3-4-14-36-26(34)30-22-9-7-20(8-10-22)18-31-12-13-32(27(31)35)23-15-19(2)24(37-23)25(33)29-17-21-6-5-11-28-16-21/h5-11,15-16H,3-4,12-14,17-18H2,1-2H3,(H,29,33)(H,30,34). The first kappa shape index (κ1) is 26.2. The molecule has 9 nitrogen and oxygen atoms in total. The number of carbonyl (C=O) groups is 3. The smallest absolute Gasteiger partial charge is 0.411 e. The summed E-state index contributed by atoms with van der Waals surface area (Å²) in [5.74, 6) is -0.163. The fourth-order valence-electron chi connectivity index (χ4n) is 3.90. The Morgan fingerprint density at radius 1 is 1.14 bits per heavy atom. The van der Waals surface area contributed by atoms with Gasteiger partial charge in [-0.25, -0.2) is 9.59 Å². The average Bonchev–Trinajstić information content (AvgIpc) is 3.46. The second-order valence-corrected chi connectivity index (χ2v) is 9.84. The van der Waals surface area contributed by atoms with Gasteiger partial charge in [0.05, 0.1) is 11.5 Å². The summed E-state index contributed by atoms with van der Waals surface area (Å²) in [6.07, 6.45) is 4.74. The minimum atomic E-state index is -0.470. The second-order valence-electron chi connectivity index (χ2n) is 8.81. The molecule has 4 amide bonds. The highest BCUT2D eigenvalue weighted by molar-refractivity contribution is 7.18. The van der Waals surface area contributed by atoms with E-state index in [-0.39, 0.29) is 11.9 Å². The molecule has 0 bridgehead atoms. The Kier molecular flexibility index (Phi) is 8.73. The Hall–Kier alpha value is -3.92. The van der Waals surface area contributed by atoms with E-state index < -0.39 is 6.09 Å². The molecule has 1 aliphatic heterocycles. The van der Waals surface area contributed by atoms with Crippen molar-refractivity contribution in [2.45, 2.75) is 39.8 Å². The number of nitrogens with one attached hydrogen (secondary N) is 2. The van der Waals surface area contributed by atoms with Crippen molar-refractivity contribution in [1.82, 2.24) is 15.2 Å². The minimum absolute atomic E-state index is 0.0923. The summed E-state index contributed by atoms with van der Waals surface area (Å²) in [5.41, 5.74) is 3.36. The lowest BCUT2D eigenvalue weighted by atomic mass is 10.2. The Balaban J connectivity index is 1.31. The molecule has 3 heterocycles. The second kappa shape index (κ2) is 12.4. The van der Waals surface area contributed by atoms with E-state index in [4.69, 9.17) is 4.74 Å². The molecule has 1 aliphatic rings. The van der Waals surface area contributed by atoms with Gasteiger partial charge in [-0.15, -0.1) is 11.3 Å². The van der Waals surface area contributed by atoms with E-state index in [2.05, 4.69) is 15.6 Å². The van der Waals surface area contributed by atoms with Gasteiger partial charge < -0.3 is 15.0 Å². The number of urea groups is 1. The van der Waals surface area contributed by atoms with Gasteiger partial charge in [0.15, 0.2) is 0 Å². The molecular formula is C27H31N5O4S. The zero-order chi connectivity index (χ0) is 26.2. The van der Waals surface area contributed by atoms with Crippen molar-refractivity contribution in [2.75, 3.05) is 29.9 Å². The van der Waals surface area contributed by atoms with Crippen LogP contribution in [-0.2, 0) is 17.8 Å². The lowest BCUT2D eigenvalue weighted by Crippen LogP contribution is -2.31. The number of carbonyl (C=O) groups excluding carboxylic acids is 3. The van der Waals surface area contributed by atoms with Crippen LogP contribution in [0.25, 0.3) is 0 Å². The Bertz CT molecular complexity index is 1230. The summed E-state index contributed by atoms with van der Waals surface area (Å²) < 4.78 is 5.12. The summed E-state index contributed by atoms with van der Waals surface area (Å²) in [6, 6.07) is 12.9. The fourth-order valence-corrected chi connectivity index (χ4v) is 5.01. The number of anilines is 2. The summed E-state index contributed by atoms with van der Waals surface area (Å²) in [6.45, 7) is 6.31. The van der Waals surface area contributed by atoms with E-state index in [1.165, 1.54) is 11.3 Å². The largest absolute Gasteiger partial charge is 0.449 e. The Morgan fingerprint density at radius 2 is 1.95 bits per heavy atom. The molecule has 2 N–H and O–H groups in total. The van der Waals surface area contributed by atoms with Crippen LogP contribution in [0, 0.1) is 6.92 Å². The molecule has 37 heavy (non-hydrogen) atoms. The number of nitrogens with zero attached hydrogens (tertiary/aromatic N) is 3. The van der Waals surface area contributed by atoms with Gasteiger partial charge in [0, 0.05) is 44.3 Å². The minimum Gasteiger partial charge on any atom is -0.449 e. The van der Waals surface area contributed by atoms with E-state index in [9.17, 15) is 14.4 Å². The molecule has 0 saturated carbocycles. The van der Waals surface area contributed by atoms with Crippen LogP contribution in [0.3, 0.4) is 0 Å². The van der Waals surface area contributed by atoms with E-state index in [1.807, 2.05) is 44.2 Å². The van der Waals surface area contributed by atoms with Crippen LogP contribution in [0.1, 0.15) is 46.1 Å². The van der Waals surface area contributed by atoms with Crippen LogP contribution in [-0.4, -0.2) is 47.6 Å². The van der Waals surface area contributed by atoms with Crippen molar-refractivity contribution >= 4 is 40.1 Å². The Morgan fingerprint density at radius 3 is 2.68 bits per heavy atom. The number of unbranched alkanes of at least 4 members (excludes halogenated alkanes) is 1. The van der Waals surface area contributed by atoms with Crippen LogP contribution in [0.4, 0.5) is 20.3 Å². The molecular weight excluding hydrogens is 490 g/mol. The van der Waals surface area contributed by atoms with Crippen LogP contribution in [0.2, 0.25) is 0 Å². The third-order valence-electron chi connectivity index (χ3n) is 5.95. The van der Waals surface area contributed by atoms with E-state index in [1.54, 1.807) is 34.3 Å². The molecule has 1 aromatic carbocycles. The predicted octanol–water partition coefficient (Wildman–Crippen LogP) is 5.17. The first-order valence-corrected chi connectivity index (χ1v) is 13.1. The van der Waals surface area contributed by atoms with Crippen molar-refractivity contribution in [2.24, 2.45) is 0 Å². The average molecular weight is 522 g/mol. The highest BCUT2D eigenvalue weighted by atomic mass is 32.1. The molecule has 1 fully saturated rings. The fraction of sp³-hybridized carbons (Fsp3) is 0.333. The van der Waals surface area contributed by atoms with Gasteiger partial charge in [-0.05, 0) is 54.3 Å². The van der Waals surface area contributed by atoms with Crippen molar-refractivity contribution in [3.05, 3.63) is 76.4 Å². The summed E-state index contributed by atoms with van der Waals surface area (Å²) in [5, 5.41) is 6.40. The zero-order valence-electron chi connectivity index (χ0n) is 21.0. The molecule has 0 aliphatic carbocycles. The maximum atomic E-state index is 13.1. The van der Waals surface area contributed by atoms with Gasteiger partial charge in [0.2, 0.25) is 0 Å². The monoisotopic (exact) mass is 521 g/mol. The van der Waals surface area contributed by atoms with E-state index in [0.29, 0.717) is 43.4 Å². The van der Waals surface area contributed by atoms with Gasteiger partial charge in [0.1, 0.15) is 5.00 Å². The molecule has 0 spiro atoms. The Labute approximate surface area is 220 Å². The SMILES string of the molecule is CCCCOC(=O)Nc1ccc(CN2CCN(c3cc(C)c(C(=O)NCc4cccnc4)s3)C2=O)cc1. The van der Waals surface area contributed by atoms with Gasteiger partial charge in [0.25, 0.3) is 5.91 Å². The number of pyridine rings is 1. The first-order valence-electron chi connectivity index (χ1n) is 12.3. The molecule has 0 unspecified atom stereocenters. The third-order valence-corrected chi connectivity index (χ3v) is 7.21. The molecule has 4 rings (SSSR count). The summed E-state index contributed by atoms with van der Waals surface area (Å²) in [7, 11) is 0. The zero-order valence-corrected chi connectivity index (χ0v) is 21.8. The van der Waals surface area contributed by atoms with Crippen molar-refractivity contribution < 1.29 is 19.1 Å². The molecule has 0 atom stereocenters. The van der Waals surface area contributed by atoms with E-state index in [0.717, 1.165) is 34.5 Å². The number of hydrogen-bond acceptors (Lipinski definition) is 6. The maximum absolute atomic E-state index is 13.1. The van der Waals surface area contributed by atoms with Gasteiger partial charge in [-0.3, -0.25) is 20.0 Å². The lowest BCUT2D eigenvalue weighted by Gasteiger charge is -2.18. The number of rotatable bonds is 10. The first-order chi connectivity index (χ1) is 17.9. The number of aryl methyl sites for hydroxylation is 1. The van der Waals surface area contributed by atoms with Crippen molar-refractivity contribution in [3.8, 4) is 0 Å². The quantitative estimate of drug-likeness (QED) is 0.358. The molecule has 0 radical (unpaired) electrons. The normalized spacial score (nSPS) is 13.1. The van der Waals surface area contributed by atoms with Gasteiger partial charge >= 0.3 is 12.1 Å². The van der Waals surface area contributed by atoms with E-state index >= 15 is 0 Å². The number of amides is 4.